The van der Waals surface area contributed by atoms with Gasteiger partial charge in [0.05, 0.1) is 25.1 Å². The molecule has 1 amide bonds. The summed E-state index contributed by atoms with van der Waals surface area (Å²) in [6.07, 6.45) is 0.610. The van der Waals surface area contributed by atoms with Crippen molar-refractivity contribution in [1.29, 1.82) is 0 Å². The van der Waals surface area contributed by atoms with E-state index in [4.69, 9.17) is 0 Å². The quantitative estimate of drug-likeness (QED) is 0.720. The highest BCUT2D eigenvalue weighted by Gasteiger charge is 2.47. The summed E-state index contributed by atoms with van der Waals surface area (Å²) in [5.41, 5.74) is -1.00. The fourth-order valence-corrected chi connectivity index (χ4v) is 2.66. The number of ether oxygens (including phenoxy) is 1. The summed E-state index contributed by atoms with van der Waals surface area (Å²) in [7, 11) is 4.53. The number of carboxylic acid groups (broad SMARTS) is 1. The van der Waals surface area contributed by atoms with E-state index in [0.717, 1.165) is 0 Å². The highest BCUT2D eigenvalue weighted by Crippen LogP contribution is 2.33. The van der Waals surface area contributed by atoms with Crippen molar-refractivity contribution >= 4 is 17.8 Å². The van der Waals surface area contributed by atoms with Crippen LogP contribution in [0.25, 0.3) is 0 Å². The lowest BCUT2D eigenvalue weighted by Crippen LogP contribution is -2.62. The van der Waals surface area contributed by atoms with E-state index in [1.54, 1.807) is 25.9 Å². The molecular formula is C13H22N2O5. The third kappa shape index (κ3) is 3.27. The van der Waals surface area contributed by atoms with Crippen molar-refractivity contribution in [3.63, 3.8) is 0 Å². The average molecular weight is 286 g/mol. The molecule has 1 N–H and O–H groups in total. The van der Waals surface area contributed by atoms with Crippen LogP contribution in [0.2, 0.25) is 0 Å². The molecular weight excluding hydrogens is 264 g/mol. The van der Waals surface area contributed by atoms with Crippen molar-refractivity contribution < 1.29 is 24.2 Å². The number of nitrogens with zero attached hydrogens (tertiary/aromatic N) is 2. The third-order valence-electron chi connectivity index (χ3n) is 3.85. The van der Waals surface area contributed by atoms with Crippen molar-refractivity contribution in [3.8, 4) is 0 Å². The Balaban J connectivity index is 3.01. The van der Waals surface area contributed by atoms with Gasteiger partial charge < -0.3 is 14.7 Å². The van der Waals surface area contributed by atoms with Gasteiger partial charge in [-0.3, -0.25) is 19.3 Å². The lowest BCUT2D eigenvalue weighted by Gasteiger charge is -2.45. The number of hydrogen-bond acceptors (Lipinski definition) is 5. The van der Waals surface area contributed by atoms with Crippen LogP contribution in [0.1, 0.15) is 19.8 Å². The third-order valence-corrected chi connectivity index (χ3v) is 3.85. The zero-order chi connectivity index (χ0) is 15.5. The molecule has 0 bridgehead atoms. The fraction of sp³-hybridized carbons (Fsp3) is 0.769. The first-order chi connectivity index (χ1) is 9.22. The number of amides is 1. The second-order valence-corrected chi connectivity index (χ2v) is 5.50. The molecule has 20 heavy (non-hydrogen) atoms. The second kappa shape index (κ2) is 6.21. The molecule has 7 nitrogen and oxygen atoms in total. The number of piperidine rings is 1. The van der Waals surface area contributed by atoms with Gasteiger partial charge in [0.25, 0.3) is 0 Å². The molecule has 1 rings (SSSR count). The maximum absolute atomic E-state index is 12.4. The molecule has 0 aromatic heterocycles. The summed E-state index contributed by atoms with van der Waals surface area (Å²) < 4.78 is 4.64. The van der Waals surface area contributed by atoms with Gasteiger partial charge >= 0.3 is 11.9 Å². The predicted molar refractivity (Wildman–Crippen MR) is 71.0 cm³/mol. The van der Waals surface area contributed by atoms with E-state index in [-0.39, 0.29) is 18.9 Å². The first kappa shape index (κ1) is 16.4. The summed E-state index contributed by atoms with van der Waals surface area (Å²) in [5, 5.41) is 9.17. The topological polar surface area (TPSA) is 87.1 Å². The number of rotatable bonds is 4. The van der Waals surface area contributed by atoms with Crippen molar-refractivity contribution in [3.05, 3.63) is 0 Å². The summed E-state index contributed by atoms with van der Waals surface area (Å²) in [5.74, 6) is -2.11. The highest BCUT2D eigenvalue weighted by molar-refractivity contribution is 5.87. The molecule has 1 saturated heterocycles. The smallest absolute Gasteiger partial charge is 0.319 e. The Labute approximate surface area is 118 Å². The van der Waals surface area contributed by atoms with Crippen LogP contribution in [0.4, 0.5) is 0 Å². The van der Waals surface area contributed by atoms with Gasteiger partial charge in [0.2, 0.25) is 5.91 Å². The molecule has 0 radical (unpaired) electrons. The van der Waals surface area contributed by atoms with Crippen LogP contribution in [0, 0.1) is 5.92 Å². The van der Waals surface area contributed by atoms with Crippen LogP contribution >= 0.6 is 0 Å². The Morgan fingerprint density at radius 1 is 1.40 bits per heavy atom. The Kier molecular flexibility index (Phi) is 5.10. The Bertz CT molecular complexity index is 410. The molecule has 1 heterocycles. The Hall–Kier alpha value is -1.63. The van der Waals surface area contributed by atoms with Crippen LogP contribution < -0.4 is 0 Å². The number of carboxylic acids is 1. The highest BCUT2D eigenvalue weighted by atomic mass is 16.5. The number of methoxy groups -OCH3 is 1. The van der Waals surface area contributed by atoms with Crippen LogP contribution in [0.3, 0.4) is 0 Å². The van der Waals surface area contributed by atoms with Gasteiger partial charge in [-0.05, 0) is 19.8 Å². The number of carbonyl (C=O) groups excluding carboxylic acids is 2. The first-order valence-corrected chi connectivity index (χ1v) is 6.48. The van der Waals surface area contributed by atoms with E-state index >= 15 is 0 Å². The van der Waals surface area contributed by atoms with Crippen molar-refractivity contribution in [2.24, 2.45) is 5.92 Å². The molecule has 114 valence electrons. The summed E-state index contributed by atoms with van der Waals surface area (Å²) >= 11 is 0. The van der Waals surface area contributed by atoms with E-state index in [0.29, 0.717) is 13.0 Å². The Morgan fingerprint density at radius 2 is 2.00 bits per heavy atom. The van der Waals surface area contributed by atoms with Crippen LogP contribution in [0.15, 0.2) is 0 Å². The lowest BCUT2D eigenvalue weighted by molar-refractivity contribution is -0.156. The predicted octanol–water partition coefficient (Wildman–Crippen LogP) is -0.197. The molecule has 0 aromatic rings. The minimum Gasteiger partial charge on any atom is -0.481 e. The van der Waals surface area contributed by atoms with Crippen LogP contribution in [0.5, 0.6) is 0 Å². The van der Waals surface area contributed by atoms with E-state index in [1.165, 1.54) is 12.0 Å². The molecule has 7 heteroatoms. The molecule has 2 unspecified atom stereocenters. The SMILES string of the molecule is COC(=O)CN1CCC(C(=O)O)CC1(C)C(=O)N(C)C. The molecule has 0 spiro atoms. The standard InChI is InChI=1S/C13H22N2O5/c1-13(12(19)14(2)3)7-9(11(17)18)5-6-15(13)8-10(16)20-4/h9H,5-8H2,1-4H3,(H,17,18). The number of likely N-dealkylation sites (N-methyl/N-ethyl adjacent to an activating group) is 1. The van der Waals surface area contributed by atoms with Crippen LogP contribution in [-0.2, 0) is 19.1 Å². The van der Waals surface area contributed by atoms with E-state index in [2.05, 4.69) is 4.74 Å². The number of hydrogen-bond donors (Lipinski definition) is 1. The van der Waals surface area contributed by atoms with Gasteiger partial charge in [0.1, 0.15) is 0 Å². The number of esters is 1. The van der Waals surface area contributed by atoms with Gasteiger partial charge in [0, 0.05) is 20.6 Å². The van der Waals surface area contributed by atoms with Crippen molar-refractivity contribution in [2.45, 2.75) is 25.3 Å². The van der Waals surface area contributed by atoms with Gasteiger partial charge in [-0.25, -0.2) is 0 Å². The number of aliphatic carboxylic acids is 1. The molecule has 1 aliphatic rings. The van der Waals surface area contributed by atoms with E-state index in [1.807, 2.05) is 0 Å². The van der Waals surface area contributed by atoms with E-state index < -0.39 is 23.4 Å². The maximum atomic E-state index is 12.4. The van der Waals surface area contributed by atoms with Crippen LogP contribution in [-0.4, -0.2) is 72.6 Å². The monoisotopic (exact) mass is 286 g/mol. The first-order valence-electron chi connectivity index (χ1n) is 6.48. The lowest BCUT2D eigenvalue weighted by atomic mass is 9.80. The molecule has 0 saturated carbocycles. The maximum Gasteiger partial charge on any atom is 0.319 e. The molecule has 0 aromatic carbocycles. The minimum absolute atomic E-state index is 0.0150. The molecule has 0 aliphatic carbocycles. The van der Waals surface area contributed by atoms with Gasteiger partial charge in [0.15, 0.2) is 0 Å². The summed E-state index contributed by atoms with van der Waals surface area (Å²) in [6, 6.07) is 0. The van der Waals surface area contributed by atoms with Crippen molar-refractivity contribution in [2.75, 3.05) is 34.3 Å². The van der Waals surface area contributed by atoms with E-state index in [9.17, 15) is 19.5 Å². The normalized spacial score (nSPS) is 26.9. The fourth-order valence-electron chi connectivity index (χ4n) is 2.66. The van der Waals surface area contributed by atoms with Gasteiger partial charge in [-0.2, -0.15) is 0 Å². The summed E-state index contributed by atoms with van der Waals surface area (Å²) in [6.45, 7) is 2.05. The average Bonchev–Trinajstić information content (AvgIpc) is 2.39. The number of carbonyl (C=O) groups is 3. The molecule has 2 atom stereocenters. The second-order valence-electron chi connectivity index (χ2n) is 5.50. The molecule has 1 fully saturated rings. The van der Waals surface area contributed by atoms with Gasteiger partial charge in [-0.15, -0.1) is 0 Å². The molecule has 1 aliphatic heterocycles. The Morgan fingerprint density at radius 3 is 2.45 bits per heavy atom. The summed E-state index contributed by atoms with van der Waals surface area (Å²) in [4.78, 5) is 38.2. The van der Waals surface area contributed by atoms with Crippen molar-refractivity contribution in [1.82, 2.24) is 9.80 Å². The van der Waals surface area contributed by atoms with Gasteiger partial charge in [-0.1, -0.05) is 0 Å². The largest absolute Gasteiger partial charge is 0.481 e. The zero-order valence-electron chi connectivity index (χ0n) is 12.4. The zero-order valence-corrected chi connectivity index (χ0v) is 12.4. The number of likely N-dealkylation sites (tertiary alicyclic amines) is 1. The minimum atomic E-state index is -1.00.